The van der Waals surface area contributed by atoms with Crippen LogP contribution in [-0.4, -0.2) is 31.0 Å². The lowest BCUT2D eigenvalue weighted by Gasteiger charge is -2.12. The number of carbonyl (C=O) groups is 1. The van der Waals surface area contributed by atoms with Gasteiger partial charge in [-0.25, -0.2) is 8.42 Å². The average Bonchev–Trinajstić information content (AvgIpc) is 3.18. The van der Waals surface area contributed by atoms with Crippen molar-refractivity contribution in [1.29, 1.82) is 0 Å². The van der Waals surface area contributed by atoms with Gasteiger partial charge in [0.15, 0.2) is 0 Å². The van der Waals surface area contributed by atoms with Crippen molar-refractivity contribution in [1.82, 2.24) is 10.3 Å². The third-order valence-electron chi connectivity index (χ3n) is 4.90. The van der Waals surface area contributed by atoms with E-state index in [-0.39, 0.29) is 22.0 Å². The number of H-pyrrole nitrogens is 1. The number of aliphatic hydroxyl groups is 1. The van der Waals surface area contributed by atoms with E-state index < -0.39 is 21.8 Å². The maximum Gasteiger partial charge on any atom is 0.269 e. The molecule has 1 amide bonds. The van der Waals surface area contributed by atoms with Crippen molar-refractivity contribution in [2.75, 3.05) is 6.54 Å². The molecule has 0 aliphatic carbocycles. The van der Waals surface area contributed by atoms with Gasteiger partial charge in [0.25, 0.3) is 5.91 Å². The molecular weight excluding hydrogens is 436 g/mol. The summed E-state index contributed by atoms with van der Waals surface area (Å²) in [6.07, 6.45) is -0.932. The maximum atomic E-state index is 13.4. The molecule has 0 radical (unpaired) electrons. The summed E-state index contributed by atoms with van der Waals surface area (Å²) < 4.78 is 26.8. The van der Waals surface area contributed by atoms with Crippen LogP contribution in [0.5, 0.6) is 0 Å². The summed E-state index contributed by atoms with van der Waals surface area (Å²) in [6, 6.07) is 21.5. The third-order valence-corrected chi connectivity index (χ3v) is 6.99. The molecule has 0 fully saturated rings. The number of hydrogen-bond acceptors (Lipinski definition) is 4. The van der Waals surface area contributed by atoms with Crippen LogP contribution >= 0.6 is 11.6 Å². The molecule has 3 N–H and O–H groups in total. The molecule has 4 rings (SSSR count). The van der Waals surface area contributed by atoms with Gasteiger partial charge >= 0.3 is 0 Å². The molecule has 31 heavy (non-hydrogen) atoms. The van der Waals surface area contributed by atoms with Gasteiger partial charge in [0.1, 0.15) is 10.6 Å². The highest BCUT2D eigenvalue weighted by Gasteiger charge is 2.29. The SMILES string of the molecule is O=C(NC[C@H](O)c1ccccc1)c1[nH]c2ccc(Cl)cc2c1S(=O)(=O)c1ccccc1. The number of carbonyl (C=O) groups excluding carboxylic acids is 1. The average molecular weight is 455 g/mol. The fourth-order valence-electron chi connectivity index (χ4n) is 3.37. The second-order valence-electron chi connectivity index (χ2n) is 6.97. The van der Waals surface area contributed by atoms with Crippen LogP contribution in [0.15, 0.2) is 88.7 Å². The highest BCUT2D eigenvalue weighted by molar-refractivity contribution is 7.91. The summed E-state index contributed by atoms with van der Waals surface area (Å²) in [6.45, 7) is -0.0796. The second-order valence-corrected chi connectivity index (χ2v) is 9.29. The smallest absolute Gasteiger partial charge is 0.269 e. The first kappa shape index (κ1) is 21.1. The summed E-state index contributed by atoms with van der Waals surface area (Å²) in [4.78, 5) is 15.8. The zero-order valence-corrected chi connectivity index (χ0v) is 17.8. The Morgan fingerprint density at radius 1 is 1.00 bits per heavy atom. The summed E-state index contributed by atoms with van der Waals surface area (Å²) in [5.74, 6) is -0.642. The lowest BCUT2D eigenvalue weighted by atomic mass is 10.1. The fraction of sp³-hybridized carbons (Fsp3) is 0.0870. The molecule has 4 aromatic rings. The minimum atomic E-state index is -4.02. The van der Waals surface area contributed by atoms with Gasteiger partial charge in [-0.3, -0.25) is 4.79 Å². The van der Waals surface area contributed by atoms with Crippen LogP contribution in [0.3, 0.4) is 0 Å². The standard InChI is InChI=1S/C23H19ClN2O4S/c24-16-11-12-19-18(13-16)22(31(29,30)17-9-5-2-6-10-17)21(26-19)23(28)25-14-20(27)15-7-3-1-4-8-15/h1-13,20,26-27H,14H2,(H,25,28)/t20-/m0/s1. The fourth-order valence-corrected chi connectivity index (χ4v) is 5.16. The molecule has 6 nitrogen and oxygen atoms in total. The second kappa shape index (κ2) is 8.55. The van der Waals surface area contributed by atoms with Gasteiger partial charge in [0.2, 0.25) is 9.84 Å². The molecule has 0 spiro atoms. The van der Waals surface area contributed by atoms with Crippen LogP contribution in [0.2, 0.25) is 5.02 Å². The molecule has 0 saturated heterocycles. The molecule has 0 aliphatic heterocycles. The predicted octanol–water partition coefficient (Wildman–Crippen LogP) is 4.12. The quantitative estimate of drug-likeness (QED) is 0.408. The lowest BCUT2D eigenvalue weighted by Crippen LogP contribution is -2.29. The molecule has 1 atom stereocenters. The van der Waals surface area contributed by atoms with Gasteiger partial charge in [0.05, 0.1) is 11.0 Å². The Balaban J connectivity index is 1.74. The number of sulfone groups is 1. The molecular formula is C23H19ClN2O4S. The van der Waals surface area contributed by atoms with Gasteiger partial charge in [-0.15, -0.1) is 0 Å². The van der Waals surface area contributed by atoms with Crippen molar-refractivity contribution in [3.8, 4) is 0 Å². The van der Waals surface area contributed by atoms with Crippen LogP contribution in [0, 0.1) is 0 Å². The summed E-state index contributed by atoms with van der Waals surface area (Å²) >= 11 is 6.10. The van der Waals surface area contributed by atoms with Crippen molar-refractivity contribution < 1.29 is 18.3 Å². The van der Waals surface area contributed by atoms with Crippen LogP contribution in [0.4, 0.5) is 0 Å². The first-order valence-electron chi connectivity index (χ1n) is 9.50. The number of aliphatic hydroxyl groups excluding tert-OH is 1. The van der Waals surface area contributed by atoms with Gasteiger partial charge < -0.3 is 15.4 Å². The molecule has 0 aliphatic rings. The summed E-state index contributed by atoms with van der Waals surface area (Å²) in [7, 11) is -4.02. The highest BCUT2D eigenvalue weighted by atomic mass is 35.5. The molecule has 1 aromatic heterocycles. The van der Waals surface area contributed by atoms with Crippen molar-refractivity contribution in [2.45, 2.75) is 15.9 Å². The number of rotatable bonds is 6. The van der Waals surface area contributed by atoms with E-state index in [4.69, 9.17) is 11.6 Å². The lowest BCUT2D eigenvalue weighted by molar-refractivity contribution is 0.0909. The molecule has 0 bridgehead atoms. The van der Waals surface area contributed by atoms with E-state index in [2.05, 4.69) is 10.3 Å². The number of halogens is 1. The number of benzene rings is 3. The number of aromatic nitrogens is 1. The van der Waals surface area contributed by atoms with Crippen molar-refractivity contribution >= 4 is 38.2 Å². The number of hydrogen-bond donors (Lipinski definition) is 3. The van der Waals surface area contributed by atoms with E-state index in [0.717, 1.165) is 0 Å². The molecule has 3 aromatic carbocycles. The van der Waals surface area contributed by atoms with Gasteiger partial charge in [-0.1, -0.05) is 60.1 Å². The van der Waals surface area contributed by atoms with E-state index in [1.807, 2.05) is 6.07 Å². The van der Waals surface area contributed by atoms with Crippen LogP contribution in [-0.2, 0) is 9.84 Å². The van der Waals surface area contributed by atoms with E-state index in [1.54, 1.807) is 54.6 Å². The Kier molecular flexibility index (Phi) is 5.82. The van der Waals surface area contributed by atoms with Gasteiger partial charge in [-0.2, -0.15) is 0 Å². The molecule has 158 valence electrons. The molecule has 0 saturated carbocycles. The van der Waals surface area contributed by atoms with Gasteiger partial charge in [0, 0.05) is 22.5 Å². The predicted molar refractivity (Wildman–Crippen MR) is 119 cm³/mol. The zero-order chi connectivity index (χ0) is 22.0. The number of nitrogens with one attached hydrogen (secondary N) is 2. The first-order chi connectivity index (χ1) is 14.9. The minimum absolute atomic E-state index is 0.0641. The third kappa shape index (κ3) is 4.20. The molecule has 1 heterocycles. The minimum Gasteiger partial charge on any atom is -0.387 e. The Hall–Kier alpha value is -3.13. The Morgan fingerprint density at radius 3 is 2.32 bits per heavy atom. The van der Waals surface area contributed by atoms with Crippen molar-refractivity contribution in [3.63, 3.8) is 0 Å². The van der Waals surface area contributed by atoms with E-state index >= 15 is 0 Å². The van der Waals surface area contributed by atoms with Crippen molar-refractivity contribution in [2.24, 2.45) is 0 Å². The molecule has 0 unspecified atom stereocenters. The maximum absolute atomic E-state index is 13.4. The number of fused-ring (bicyclic) bond motifs is 1. The Bertz CT molecular complexity index is 1340. The van der Waals surface area contributed by atoms with E-state index in [9.17, 15) is 18.3 Å². The van der Waals surface area contributed by atoms with Crippen LogP contribution < -0.4 is 5.32 Å². The van der Waals surface area contributed by atoms with Gasteiger partial charge in [-0.05, 0) is 35.9 Å². The highest BCUT2D eigenvalue weighted by Crippen LogP contribution is 2.33. The summed E-state index contributed by atoms with van der Waals surface area (Å²) in [5.41, 5.74) is 0.998. The first-order valence-corrected chi connectivity index (χ1v) is 11.4. The number of amides is 1. The van der Waals surface area contributed by atoms with E-state index in [1.165, 1.54) is 18.2 Å². The monoisotopic (exact) mass is 454 g/mol. The Morgan fingerprint density at radius 2 is 1.65 bits per heavy atom. The Labute approximate surface area is 184 Å². The molecule has 8 heteroatoms. The summed E-state index contributed by atoms with van der Waals surface area (Å²) in [5, 5.41) is 13.6. The van der Waals surface area contributed by atoms with E-state index in [0.29, 0.717) is 21.5 Å². The normalized spacial score (nSPS) is 12.6. The van der Waals surface area contributed by atoms with Crippen LogP contribution in [0.1, 0.15) is 22.2 Å². The van der Waals surface area contributed by atoms with Crippen molar-refractivity contribution in [3.05, 3.63) is 95.1 Å². The largest absolute Gasteiger partial charge is 0.387 e. The zero-order valence-electron chi connectivity index (χ0n) is 16.2. The topological polar surface area (TPSA) is 99.3 Å². The van der Waals surface area contributed by atoms with Crippen LogP contribution in [0.25, 0.3) is 10.9 Å². The number of aromatic amines is 1.